The van der Waals surface area contributed by atoms with E-state index in [4.69, 9.17) is 27.9 Å². The molecule has 3 aromatic carbocycles. The van der Waals surface area contributed by atoms with Gasteiger partial charge in [-0.05, 0) is 42.0 Å². The molecule has 0 aliphatic rings. The molecule has 0 amide bonds. The highest BCUT2D eigenvalue weighted by Gasteiger charge is 2.11. The van der Waals surface area contributed by atoms with E-state index in [9.17, 15) is 4.39 Å². The molecule has 3 aromatic rings. The van der Waals surface area contributed by atoms with E-state index in [0.29, 0.717) is 28.9 Å². The number of hydrogen-bond acceptors (Lipinski definition) is 2. The van der Waals surface area contributed by atoms with Crippen LogP contribution in [0.3, 0.4) is 0 Å². The standard InChI is InChI=1S/C20H16Cl2FNO/c21-16-10-15(12-24-18-4-2-1-3-5-18)20(19(22)11-16)25-13-14-6-8-17(23)9-7-14/h1-11,24H,12-13H2. The second-order valence-corrected chi connectivity index (χ2v) is 6.35. The van der Waals surface area contributed by atoms with Gasteiger partial charge in [0.05, 0.1) is 5.02 Å². The average molecular weight is 376 g/mol. The van der Waals surface area contributed by atoms with Crippen LogP contribution in [-0.2, 0) is 13.2 Å². The maximum Gasteiger partial charge on any atom is 0.143 e. The molecule has 5 heteroatoms. The molecule has 0 saturated heterocycles. The van der Waals surface area contributed by atoms with Crippen LogP contribution in [0.5, 0.6) is 5.75 Å². The van der Waals surface area contributed by atoms with Crippen molar-refractivity contribution < 1.29 is 9.13 Å². The molecule has 0 spiro atoms. The minimum atomic E-state index is -0.277. The Bertz CT molecular complexity index is 838. The van der Waals surface area contributed by atoms with Gasteiger partial charge in [-0.15, -0.1) is 0 Å². The van der Waals surface area contributed by atoms with Crippen LogP contribution in [0.4, 0.5) is 10.1 Å². The van der Waals surface area contributed by atoms with Crippen molar-refractivity contribution in [2.24, 2.45) is 0 Å². The summed E-state index contributed by atoms with van der Waals surface area (Å²) in [7, 11) is 0. The normalized spacial score (nSPS) is 10.5. The Balaban J connectivity index is 1.76. The Morgan fingerprint density at radius 3 is 2.36 bits per heavy atom. The lowest BCUT2D eigenvalue weighted by Gasteiger charge is -2.15. The van der Waals surface area contributed by atoms with E-state index in [1.54, 1.807) is 18.2 Å². The van der Waals surface area contributed by atoms with Gasteiger partial charge in [0, 0.05) is 22.8 Å². The quantitative estimate of drug-likeness (QED) is 0.543. The van der Waals surface area contributed by atoms with Crippen LogP contribution in [0.1, 0.15) is 11.1 Å². The van der Waals surface area contributed by atoms with Crippen molar-refractivity contribution in [3.8, 4) is 5.75 Å². The number of rotatable bonds is 6. The van der Waals surface area contributed by atoms with Crippen LogP contribution in [0, 0.1) is 5.82 Å². The highest BCUT2D eigenvalue weighted by atomic mass is 35.5. The molecule has 0 fully saturated rings. The van der Waals surface area contributed by atoms with Gasteiger partial charge in [-0.25, -0.2) is 4.39 Å². The van der Waals surface area contributed by atoms with E-state index in [2.05, 4.69) is 5.32 Å². The lowest BCUT2D eigenvalue weighted by atomic mass is 10.2. The van der Waals surface area contributed by atoms with Crippen LogP contribution >= 0.6 is 23.2 Å². The maximum absolute atomic E-state index is 13.0. The lowest BCUT2D eigenvalue weighted by molar-refractivity contribution is 0.303. The molecule has 2 nitrogen and oxygen atoms in total. The zero-order chi connectivity index (χ0) is 17.6. The monoisotopic (exact) mass is 375 g/mol. The number of anilines is 1. The van der Waals surface area contributed by atoms with Crippen molar-refractivity contribution in [1.82, 2.24) is 0 Å². The van der Waals surface area contributed by atoms with Crippen LogP contribution < -0.4 is 10.1 Å². The molecule has 0 radical (unpaired) electrons. The molecule has 25 heavy (non-hydrogen) atoms. The van der Waals surface area contributed by atoms with Crippen LogP contribution in [0.15, 0.2) is 66.7 Å². The van der Waals surface area contributed by atoms with E-state index in [0.717, 1.165) is 16.8 Å². The Labute approximate surface area is 156 Å². The van der Waals surface area contributed by atoms with Gasteiger partial charge in [0.1, 0.15) is 18.2 Å². The van der Waals surface area contributed by atoms with Crippen LogP contribution in [0.2, 0.25) is 10.0 Å². The van der Waals surface area contributed by atoms with E-state index < -0.39 is 0 Å². The van der Waals surface area contributed by atoms with Crippen molar-refractivity contribution in [2.45, 2.75) is 13.2 Å². The summed E-state index contributed by atoms with van der Waals surface area (Å²) in [5.41, 5.74) is 2.70. The van der Waals surface area contributed by atoms with Crippen LogP contribution in [-0.4, -0.2) is 0 Å². The summed E-state index contributed by atoms with van der Waals surface area (Å²) in [6, 6.07) is 19.5. The Morgan fingerprint density at radius 2 is 1.64 bits per heavy atom. The first-order valence-electron chi connectivity index (χ1n) is 7.76. The third kappa shape index (κ3) is 4.88. The molecule has 0 saturated carbocycles. The number of benzene rings is 3. The SMILES string of the molecule is Fc1ccc(COc2c(Cl)cc(Cl)cc2CNc2ccccc2)cc1. The molecule has 0 aromatic heterocycles. The highest BCUT2D eigenvalue weighted by molar-refractivity contribution is 6.35. The molecule has 1 N–H and O–H groups in total. The van der Waals surface area contributed by atoms with E-state index in [1.807, 2.05) is 36.4 Å². The highest BCUT2D eigenvalue weighted by Crippen LogP contribution is 2.33. The average Bonchev–Trinajstić information content (AvgIpc) is 2.61. The number of hydrogen-bond donors (Lipinski definition) is 1. The molecular formula is C20H16Cl2FNO. The van der Waals surface area contributed by atoms with Gasteiger partial charge in [0.25, 0.3) is 0 Å². The lowest BCUT2D eigenvalue weighted by Crippen LogP contribution is -2.04. The summed E-state index contributed by atoms with van der Waals surface area (Å²) in [6.07, 6.45) is 0. The predicted molar refractivity (Wildman–Crippen MR) is 101 cm³/mol. The van der Waals surface area contributed by atoms with Crippen molar-refractivity contribution in [2.75, 3.05) is 5.32 Å². The van der Waals surface area contributed by atoms with Crippen LogP contribution in [0.25, 0.3) is 0 Å². The maximum atomic E-state index is 13.0. The Hall–Kier alpha value is -2.23. The topological polar surface area (TPSA) is 21.3 Å². The second-order valence-electron chi connectivity index (χ2n) is 5.51. The first-order chi connectivity index (χ1) is 12.1. The van der Waals surface area contributed by atoms with Gasteiger partial charge in [0.2, 0.25) is 0 Å². The first-order valence-corrected chi connectivity index (χ1v) is 8.51. The van der Waals surface area contributed by atoms with Gasteiger partial charge in [-0.2, -0.15) is 0 Å². The fourth-order valence-corrected chi connectivity index (χ4v) is 2.99. The minimum Gasteiger partial charge on any atom is -0.487 e. The van der Waals surface area contributed by atoms with Crippen molar-refractivity contribution in [3.63, 3.8) is 0 Å². The molecule has 0 aliphatic heterocycles. The van der Waals surface area contributed by atoms with E-state index in [1.165, 1.54) is 12.1 Å². The summed E-state index contributed by atoms with van der Waals surface area (Å²) < 4.78 is 18.9. The first kappa shape index (κ1) is 17.6. The molecular weight excluding hydrogens is 360 g/mol. The van der Waals surface area contributed by atoms with Gasteiger partial charge in [-0.3, -0.25) is 0 Å². The predicted octanol–water partition coefficient (Wildman–Crippen LogP) is 6.32. The van der Waals surface area contributed by atoms with Gasteiger partial charge in [0.15, 0.2) is 0 Å². The summed E-state index contributed by atoms with van der Waals surface area (Å²) in [6.45, 7) is 0.809. The molecule has 0 heterocycles. The summed E-state index contributed by atoms with van der Waals surface area (Å²) >= 11 is 12.4. The molecule has 3 rings (SSSR count). The number of halogens is 3. The molecule has 0 atom stereocenters. The smallest absolute Gasteiger partial charge is 0.143 e. The zero-order valence-corrected chi connectivity index (χ0v) is 14.8. The Kier molecular flexibility index (Phi) is 5.79. The third-order valence-corrected chi connectivity index (χ3v) is 4.14. The summed E-state index contributed by atoms with van der Waals surface area (Å²) in [4.78, 5) is 0. The second kappa shape index (κ2) is 8.24. The number of ether oxygens (including phenoxy) is 1. The largest absolute Gasteiger partial charge is 0.487 e. The van der Waals surface area contributed by atoms with E-state index in [-0.39, 0.29) is 5.82 Å². The van der Waals surface area contributed by atoms with Crippen molar-refractivity contribution >= 4 is 28.9 Å². The summed E-state index contributed by atoms with van der Waals surface area (Å²) in [5.74, 6) is 0.292. The minimum absolute atomic E-state index is 0.277. The fraction of sp³-hybridized carbons (Fsp3) is 0.100. The molecule has 0 bridgehead atoms. The van der Waals surface area contributed by atoms with Crippen molar-refractivity contribution in [3.05, 3.63) is 93.7 Å². The number of nitrogens with one attached hydrogen (secondary N) is 1. The van der Waals surface area contributed by atoms with Crippen molar-refractivity contribution in [1.29, 1.82) is 0 Å². The fourth-order valence-electron chi connectivity index (χ4n) is 2.40. The molecule has 128 valence electrons. The van der Waals surface area contributed by atoms with Gasteiger partial charge >= 0.3 is 0 Å². The Morgan fingerprint density at radius 1 is 0.920 bits per heavy atom. The molecule has 0 unspecified atom stereocenters. The third-order valence-electron chi connectivity index (χ3n) is 3.64. The summed E-state index contributed by atoms with van der Waals surface area (Å²) in [5, 5.41) is 4.30. The number of para-hydroxylation sites is 1. The van der Waals surface area contributed by atoms with Gasteiger partial charge < -0.3 is 10.1 Å². The zero-order valence-electron chi connectivity index (χ0n) is 13.3. The van der Waals surface area contributed by atoms with Gasteiger partial charge in [-0.1, -0.05) is 53.5 Å². The van der Waals surface area contributed by atoms with E-state index >= 15 is 0 Å². The molecule has 0 aliphatic carbocycles.